The molecule has 0 radical (unpaired) electrons. The molecule has 3 N–H and O–H groups in total. The largest absolute Gasteiger partial charge is 0.508 e. The first-order valence-corrected chi connectivity index (χ1v) is 7.95. The number of hydrogen-bond acceptors (Lipinski definition) is 2. The van der Waals surface area contributed by atoms with E-state index in [0.717, 1.165) is 40.9 Å². The van der Waals surface area contributed by atoms with Crippen LogP contribution in [0.1, 0.15) is 22.7 Å². The van der Waals surface area contributed by atoms with Gasteiger partial charge in [0.05, 0.1) is 0 Å². The van der Waals surface area contributed by atoms with E-state index in [9.17, 15) is 5.11 Å². The second kappa shape index (κ2) is 5.28. The first-order valence-electron chi connectivity index (χ1n) is 7.95. The lowest BCUT2D eigenvalue weighted by Crippen LogP contribution is -2.40. The zero-order valence-electron chi connectivity index (χ0n) is 13.2. The van der Waals surface area contributed by atoms with Gasteiger partial charge in [-0.25, -0.2) is 0 Å². The molecule has 23 heavy (non-hydrogen) atoms. The van der Waals surface area contributed by atoms with E-state index < -0.39 is 0 Å². The Bertz CT molecular complexity index is 903. The first kappa shape index (κ1) is 14.1. The summed E-state index contributed by atoms with van der Waals surface area (Å²) in [5, 5.41) is 14.5. The number of phenolic OH excluding ortho intramolecular Hbond substituents is 1. The third kappa shape index (κ3) is 2.34. The van der Waals surface area contributed by atoms with Crippen molar-refractivity contribution in [2.45, 2.75) is 12.8 Å². The highest BCUT2D eigenvalue weighted by molar-refractivity contribution is 5.88. The van der Waals surface area contributed by atoms with Crippen molar-refractivity contribution in [3.05, 3.63) is 59.8 Å². The molecule has 1 fully saturated rings. The van der Waals surface area contributed by atoms with Crippen LogP contribution in [0.2, 0.25) is 0 Å². The number of phenols is 1. The van der Waals surface area contributed by atoms with E-state index in [1.54, 1.807) is 6.07 Å². The maximum Gasteiger partial charge on any atom is 0.116 e. The molecule has 0 spiro atoms. The highest BCUT2D eigenvalue weighted by atomic mass is 16.3. The second-order valence-electron chi connectivity index (χ2n) is 6.31. The first-order chi connectivity index (χ1) is 11.2. The van der Waals surface area contributed by atoms with Crippen LogP contribution in [-0.4, -0.2) is 23.2 Å². The number of hydrogen-bond donors (Lipinski definition) is 3. The number of fused-ring (bicyclic) bond motifs is 1. The number of nitrogens with one attached hydrogen (secondary N) is 2. The van der Waals surface area contributed by atoms with Crippen LogP contribution in [0.15, 0.2) is 43.0 Å². The predicted molar refractivity (Wildman–Crippen MR) is 95.8 cm³/mol. The van der Waals surface area contributed by atoms with Gasteiger partial charge in [0.2, 0.25) is 0 Å². The molecule has 0 bridgehead atoms. The Balaban J connectivity index is 1.84. The smallest absolute Gasteiger partial charge is 0.116 e. The van der Waals surface area contributed by atoms with Crippen molar-refractivity contribution in [3.63, 3.8) is 0 Å². The summed E-state index contributed by atoms with van der Waals surface area (Å²) in [6.07, 6.45) is 1.86. The number of H-pyrrole nitrogens is 1. The Hall–Kier alpha value is -2.52. The van der Waals surface area contributed by atoms with Gasteiger partial charge in [0.15, 0.2) is 0 Å². The molecule has 1 aliphatic rings. The van der Waals surface area contributed by atoms with E-state index in [1.807, 2.05) is 19.1 Å². The van der Waals surface area contributed by atoms with E-state index in [4.69, 9.17) is 0 Å². The van der Waals surface area contributed by atoms with E-state index in [1.165, 1.54) is 11.1 Å². The summed E-state index contributed by atoms with van der Waals surface area (Å²) < 4.78 is 0. The fourth-order valence-electron chi connectivity index (χ4n) is 3.33. The molecule has 0 saturated carbocycles. The predicted octanol–water partition coefficient (Wildman–Crippen LogP) is 4.18. The van der Waals surface area contributed by atoms with Crippen LogP contribution in [0.5, 0.6) is 5.75 Å². The Labute approximate surface area is 135 Å². The normalized spacial score (nSPS) is 14.8. The minimum Gasteiger partial charge on any atom is -0.508 e. The molecule has 4 rings (SSSR count). The summed E-state index contributed by atoms with van der Waals surface area (Å²) in [6.45, 7) is 8.01. The van der Waals surface area contributed by atoms with Crippen LogP contribution >= 0.6 is 0 Å². The molecule has 0 amide bonds. The maximum atomic E-state index is 9.96. The summed E-state index contributed by atoms with van der Waals surface area (Å²) in [6, 6.07) is 12.2. The molecule has 1 saturated heterocycles. The molecule has 2 aromatic carbocycles. The maximum absolute atomic E-state index is 9.96. The summed E-state index contributed by atoms with van der Waals surface area (Å²) >= 11 is 0. The molecule has 3 aromatic rings. The van der Waals surface area contributed by atoms with Crippen molar-refractivity contribution >= 4 is 17.0 Å². The number of aromatic hydroxyl groups is 1. The van der Waals surface area contributed by atoms with Crippen molar-refractivity contribution in [2.24, 2.45) is 0 Å². The van der Waals surface area contributed by atoms with E-state index in [-0.39, 0.29) is 5.75 Å². The molecule has 116 valence electrons. The minimum atomic E-state index is 0.288. The van der Waals surface area contributed by atoms with Crippen LogP contribution in [-0.2, 0) is 0 Å². The van der Waals surface area contributed by atoms with Crippen molar-refractivity contribution in [1.82, 2.24) is 10.3 Å². The summed E-state index contributed by atoms with van der Waals surface area (Å²) in [5.74, 6) is 0.883. The number of aryl methyl sites for hydroxylation is 1. The lowest BCUT2D eigenvalue weighted by molar-refractivity contribution is 0.442. The van der Waals surface area contributed by atoms with Crippen LogP contribution in [0.4, 0.5) is 0 Å². The molecule has 0 atom stereocenters. The molecular weight excluding hydrogens is 284 g/mol. The lowest BCUT2D eigenvalue weighted by Gasteiger charge is -2.25. The van der Waals surface area contributed by atoms with Gasteiger partial charge < -0.3 is 15.4 Å². The summed E-state index contributed by atoms with van der Waals surface area (Å²) in [7, 11) is 0. The highest BCUT2D eigenvalue weighted by Gasteiger charge is 2.20. The fraction of sp³-hybridized carbons (Fsp3) is 0.200. The lowest BCUT2D eigenvalue weighted by atomic mass is 9.95. The zero-order valence-corrected chi connectivity index (χ0v) is 13.2. The van der Waals surface area contributed by atoms with Gasteiger partial charge in [0.1, 0.15) is 5.75 Å². The molecule has 3 nitrogen and oxygen atoms in total. The molecule has 2 heterocycles. The van der Waals surface area contributed by atoms with Gasteiger partial charge in [-0.1, -0.05) is 24.8 Å². The molecular formula is C20H20N2O. The van der Waals surface area contributed by atoms with Gasteiger partial charge in [-0.3, -0.25) is 0 Å². The van der Waals surface area contributed by atoms with Crippen LogP contribution in [0.25, 0.3) is 28.1 Å². The number of aromatic amines is 1. The Morgan fingerprint density at radius 3 is 2.70 bits per heavy atom. The standard InChI is InChI=1S/C20H20N2O/c1-3-17-12(2)6-16(23)9-18(17)13-4-5-14-8-20(15-10-21-11-15)22-19(14)7-13/h3-9,15,21-23H,1,10-11H2,2H3. The number of rotatable bonds is 3. The quantitative estimate of drug-likeness (QED) is 0.680. The topological polar surface area (TPSA) is 48.0 Å². The van der Waals surface area contributed by atoms with Gasteiger partial charge in [0, 0.05) is 30.2 Å². The Morgan fingerprint density at radius 1 is 1.17 bits per heavy atom. The van der Waals surface area contributed by atoms with Gasteiger partial charge in [-0.05, 0) is 58.8 Å². The second-order valence-corrected chi connectivity index (χ2v) is 6.31. The van der Waals surface area contributed by atoms with Crippen molar-refractivity contribution in [2.75, 3.05) is 13.1 Å². The van der Waals surface area contributed by atoms with Gasteiger partial charge in [0.25, 0.3) is 0 Å². The third-order valence-corrected chi connectivity index (χ3v) is 4.75. The van der Waals surface area contributed by atoms with Crippen molar-refractivity contribution in [3.8, 4) is 16.9 Å². The van der Waals surface area contributed by atoms with E-state index in [2.05, 4.69) is 41.1 Å². The molecule has 1 aromatic heterocycles. The SMILES string of the molecule is C=Cc1c(C)cc(O)cc1-c1ccc2cc(C3CNC3)[nH]c2c1. The van der Waals surface area contributed by atoms with Gasteiger partial charge >= 0.3 is 0 Å². The summed E-state index contributed by atoms with van der Waals surface area (Å²) in [4.78, 5) is 3.55. The van der Waals surface area contributed by atoms with E-state index in [0.29, 0.717) is 5.92 Å². The highest BCUT2D eigenvalue weighted by Crippen LogP contribution is 2.33. The molecule has 0 unspecified atom stereocenters. The van der Waals surface area contributed by atoms with Crippen molar-refractivity contribution in [1.29, 1.82) is 0 Å². The van der Waals surface area contributed by atoms with E-state index >= 15 is 0 Å². The fourth-order valence-corrected chi connectivity index (χ4v) is 3.33. The van der Waals surface area contributed by atoms with Gasteiger partial charge in [-0.2, -0.15) is 0 Å². The average molecular weight is 304 g/mol. The van der Waals surface area contributed by atoms with Crippen LogP contribution in [0, 0.1) is 6.92 Å². The summed E-state index contributed by atoms with van der Waals surface area (Å²) in [5.41, 5.74) is 6.64. The average Bonchev–Trinajstić information content (AvgIpc) is 2.86. The monoisotopic (exact) mass is 304 g/mol. The van der Waals surface area contributed by atoms with Gasteiger partial charge in [-0.15, -0.1) is 0 Å². The Kier molecular flexibility index (Phi) is 3.24. The number of aromatic nitrogens is 1. The minimum absolute atomic E-state index is 0.288. The Morgan fingerprint density at radius 2 is 2.00 bits per heavy atom. The zero-order chi connectivity index (χ0) is 16.0. The third-order valence-electron chi connectivity index (χ3n) is 4.75. The van der Waals surface area contributed by atoms with Crippen LogP contribution in [0.3, 0.4) is 0 Å². The molecule has 0 aliphatic carbocycles. The molecule has 3 heteroatoms. The molecule has 1 aliphatic heterocycles. The van der Waals surface area contributed by atoms with Crippen LogP contribution < -0.4 is 5.32 Å². The van der Waals surface area contributed by atoms with Crippen molar-refractivity contribution < 1.29 is 5.11 Å². The number of benzene rings is 2.